The van der Waals surface area contributed by atoms with Gasteiger partial charge in [-0.2, -0.15) is 0 Å². The molecule has 0 atom stereocenters. The number of anilines is 3. The Morgan fingerprint density at radius 1 is 1.40 bits per heavy atom. The number of benzene rings is 1. The van der Waals surface area contributed by atoms with Crippen LogP contribution in [0.4, 0.5) is 21.5 Å². The molecule has 110 valence electrons. The van der Waals surface area contributed by atoms with E-state index in [1.807, 2.05) is 4.90 Å². The molecule has 1 amide bonds. The first kappa shape index (κ1) is 14.7. The predicted octanol–water partition coefficient (Wildman–Crippen LogP) is 1.61. The van der Waals surface area contributed by atoms with Gasteiger partial charge in [0.05, 0.1) is 17.1 Å². The second kappa shape index (κ2) is 5.75. The van der Waals surface area contributed by atoms with Crippen LogP contribution in [0.1, 0.15) is 12.8 Å². The van der Waals surface area contributed by atoms with Gasteiger partial charge in [0.1, 0.15) is 5.02 Å². The number of carbonyl (C=O) groups is 1. The molecule has 0 spiro atoms. The van der Waals surface area contributed by atoms with Gasteiger partial charge in [-0.25, -0.2) is 4.39 Å². The summed E-state index contributed by atoms with van der Waals surface area (Å²) in [6.45, 7) is 1.11. The van der Waals surface area contributed by atoms with Gasteiger partial charge >= 0.3 is 0 Å². The number of carbonyl (C=O) groups excluding carboxylic acids is 1. The lowest BCUT2D eigenvalue weighted by Crippen LogP contribution is -2.40. The Balaban J connectivity index is 2.19. The summed E-state index contributed by atoms with van der Waals surface area (Å²) in [6.07, 6.45) is 1.31. The number of amides is 1. The molecular weight excluding hydrogens is 283 g/mol. The molecule has 0 aliphatic carbocycles. The van der Waals surface area contributed by atoms with Crippen molar-refractivity contribution in [2.24, 2.45) is 5.92 Å². The maximum absolute atomic E-state index is 14.2. The highest BCUT2D eigenvalue weighted by molar-refractivity contribution is 6.33. The van der Waals surface area contributed by atoms with Crippen LogP contribution in [0.5, 0.6) is 0 Å². The number of piperidine rings is 1. The van der Waals surface area contributed by atoms with Crippen LogP contribution in [0, 0.1) is 11.7 Å². The van der Waals surface area contributed by atoms with Gasteiger partial charge in [0.2, 0.25) is 5.91 Å². The predicted molar refractivity (Wildman–Crippen MR) is 79.2 cm³/mol. The summed E-state index contributed by atoms with van der Waals surface area (Å²) in [5, 5.41) is 2.53. The van der Waals surface area contributed by atoms with Gasteiger partial charge in [0.25, 0.3) is 0 Å². The molecule has 2 rings (SSSR count). The minimum absolute atomic E-state index is 0.0217. The number of hydrogen-bond acceptors (Lipinski definition) is 4. The summed E-state index contributed by atoms with van der Waals surface area (Å²) in [7, 11) is 1.62. The Morgan fingerprint density at radius 2 is 2.00 bits per heavy atom. The van der Waals surface area contributed by atoms with Crippen LogP contribution in [-0.2, 0) is 4.79 Å². The fourth-order valence-electron chi connectivity index (χ4n) is 2.55. The lowest BCUT2D eigenvalue weighted by molar-refractivity contribution is -0.125. The molecule has 1 aromatic carbocycles. The summed E-state index contributed by atoms with van der Waals surface area (Å²) >= 11 is 5.83. The standard InChI is InChI=1S/C13H18ClFN4O/c1-18-13(20)7-2-4-19(5-3-7)12-9(17)6-8(16)10(14)11(12)15/h6-7H,2-5,16-17H2,1H3,(H,18,20). The maximum atomic E-state index is 14.2. The summed E-state index contributed by atoms with van der Waals surface area (Å²) in [5.41, 5.74) is 12.1. The second-order valence-corrected chi connectivity index (χ2v) is 5.29. The average molecular weight is 301 g/mol. The molecular formula is C13H18ClFN4O. The molecule has 1 aliphatic rings. The van der Waals surface area contributed by atoms with Crippen molar-refractivity contribution >= 4 is 34.6 Å². The zero-order valence-corrected chi connectivity index (χ0v) is 12.0. The summed E-state index contributed by atoms with van der Waals surface area (Å²) < 4.78 is 14.2. The van der Waals surface area contributed by atoms with Gasteiger partial charge < -0.3 is 21.7 Å². The Bertz CT molecular complexity index is 530. The molecule has 7 heteroatoms. The third-order valence-electron chi connectivity index (χ3n) is 3.67. The average Bonchev–Trinajstić information content (AvgIpc) is 2.45. The first-order valence-electron chi connectivity index (χ1n) is 6.45. The van der Waals surface area contributed by atoms with Gasteiger partial charge in [-0.1, -0.05) is 11.6 Å². The topological polar surface area (TPSA) is 84.4 Å². The summed E-state index contributed by atoms with van der Waals surface area (Å²) in [4.78, 5) is 13.4. The van der Waals surface area contributed by atoms with E-state index in [0.717, 1.165) is 0 Å². The maximum Gasteiger partial charge on any atom is 0.222 e. The molecule has 1 heterocycles. The minimum Gasteiger partial charge on any atom is -0.397 e. The number of nitrogens with one attached hydrogen (secondary N) is 1. The smallest absolute Gasteiger partial charge is 0.222 e. The zero-order chi connectivity index (χ0) is 14.9. The van der Waals surface area contributed by atoms with E-state index in [9.17, 15) is 9.18 Å². The molecule has 5 N–H and O–H groups in total. The van der Waals surface area contributed by atoms with Crippen molar-refractivity contribution in [1.82, 2.24) is 5.32 Å². The largest absolute Gasteiger partial charge is 0.397 e. The molecule has 1 aliphatic heterocycles. The molecule has 0 saturated carbocycles. The van der Waals surface area contributed by atoms with Crippen molar-refractivity contribution in [2.75, 3.05) is 36.5 Å². The molecule has 1 aromatic rings. The third kappa shape index (κ3) is 2.60. The van der Waals surface area contributed by atoms with Crippen LogP contribution < -0.4 is 21.7 Å². The van der Waals surface area contributed by atoms with Gasteiger partial charge in [-0.05, 0) is 18.9 Å². The number of nitrogens with two attached hydrogens (primary N) is 2. The lowest BCUT2D eigenvalue weighted by atomic mass is 9.95. The molecule has 20 heavy (non-hydrogen) atoms. The van der Waals surface area contributed by atoms with Crippen molar-refractivity contribution in [1.29, 1.82) is 0 Å². The molecule has 1 fully saturated rings. The Kier molecular flexibility index (Phi) is 4.23. The van der Waals surface area contributed by atoms with E-state index >= 15 is 0 Å². The van der Waals surface area contributed by atoms with Crippen LogP contribution in [-0.4, -0.2) is 26.0 Å². The SMILES string of the molecule is CNC(=O)C1CCN(c2c(N)cc(N)c(Cl)c2F)CC1. The highest BCUT2D eigenvalue weighted by Crippen LogP contribution is 2.37. The highest BCUT2D eigenvalue weighted by atomic mass is 35.5. The second-order valence-electron chi connectivity index (χ2n) is 4.91. The Hall–Kier alpha value is -1.69. The van der Waals surface area contributed by atoms with Crippen molar-refractivity contribution in [3.63, 3.8) is 0 Å². The molecule has 0 unspecified atom stereocenters. The fourth-order valence-corrected chi connectivity index (χ4v) is 2.69. The van der Waals surface area contributed by atoms with E-state index in [-0.39, 0.29) is 33.9 Å². The van der Waals surface area contributed by atoms with Gasteiger partial charge in [0, 0.05) is 26.1 Å². The normalized spacial score (nSPS) is 16.2. The number of hydrogen-bond donors (Lipinski definition) is 3. The number of halogens is 2. The van der Waals surface area contributed by atoms with Crippen LogP contribution in [0.3, 0.4) is 0 Å². The van der Waals surface area contributed by atoms with Crippen molar-refractivity contribution in [2.45, 2.75) is 12.8 Å². The van der Waals surface area contributed by atoms with Crippen molar-refractivity contribution in [3.8, 4) is 0 Å². The van der Waals surface area contributed by atoms with E-state index < -0.39 is 5.82 Å². The fraction of sp³-hybridized carbons (Fsp3) is 0.462. The molecule has 1 saturated heterocycles. The highest BCUT2D eigenvalue weighted by Gasteiger charge is 2.27. The molecule has 5 nitrogen and oxygen atoms in total. The number of nitrogen functional groups attached to an aromatic ring is 2. The van der Waals surface area contributed by atoms with Gasteiger partial charge in [-0.15, -0.1) is 0 Å². The Morgan fingerprint density at radius 3 is 2.55 bits per heavy atom. The summed E-state index contributed by atoms with van der Waals surface area (Å²) in [6, 6.07) is 1.46. The van der Waals surface area contributed by atoms with E-state index in [1.54, 1.807) is 7.05 Å². The molecule has 0 radical (unpaired) electrons. The minimum atomic E-state index is -0.595. The zero-order valence-electron chi connectivity index (χ0n) is 11.2. The molecule has 0 bridgehead atoms. The lowest BCUT2D eigenvalue weighted by Gasteiger charge is -2.34. The van der Waals surface area contributed by atoms with Crippen molar-refractivity contribution in [3.05, 3.63) is 16.9 Å². The third-order valence-corrected chi connectivity index (χ3v) is 4.05. The van der Waals surface area contributed by atoms with Crippen LogP contribution >= 0.6 is 11.6 Å². The monoisotopic (exact) mass is 300 g/mol. The van der Waals surface area contributed by atoms with Crippen LogP contribution in [0.2, 0.25) is 5.02 Å². The van der Waals surface area contributed by atoms with E-state index in [1.165, 1.54) is 6.07 Å². The van der Waals surface area contributed by atoms with Crippen LogP contribution in [0.15, 0.2) is 6.07 Å². The van der Waals surface area contributed by atoms with Gasteiger partial charge in [-0.3, -0.25) is 4.79 Å². The number of rotatable bonds is 2. The Labute approximate surface area is 122 Å². The number of nitrogens with zero attached hydrogens (tertiary/aromatic N) is 1. The quantitative estimate of drug-likeness (QED) is 0.724. The molecule has 0 aromatic heterocycles. The summed E-state index contributed by atoms with van der Waals surface area (Å²) in [5.74, 6) is -0.610. The van der Waals surface area contributed by atoms with E-state index in [4.69, 9.17) is 23.1 Å². The van der Waals surface area contributed by atoms with Crippen molar-refractivity contribution < 1.29 is 9.18 Å². The van der Waals surface area contributed by atoms with Crippen LogP contribution in [0.25, 0.3) is 0 Å². The van der Waals surface area contributed by atoms with Gasteiger partial charge in [0.15, 0.2) is 5.82 Å². The first-order chi connectivity index (χ1) is 9.45. The van der Waals surface area contributed by atoms with E-state index in [0.29, 0.717) is 25.9 Å². The first-order valence-corrected chi connectivity index (χ1v) is 6.83. The van der Waals surface area contributed by atoms with E-state index in [2.05, 4.69) is 5.32 Å².